The molecule has 2 aromatic heterocycles. The van der Waals surface area contributed by atoms with Gasteiger partial charge in [-0.25, -0.2) is 0 Å². The van der Waals surface area contributed by atoms with Crippen molar-refractivity contribution < 1.29 is 14.4 Å². The maximum Gasteiger partial charge on any atom is 0.254 e. The highest BCUT2D eigenvalue weighted by molar-refractivity contribution is 7.09. The average molecular weight is 674 g/mol. The fourth-order valence-corrected chi connectivity index (χ4v) is 6.53. The first-order chi connectivity index (χ1) is 23.7. The van der Waals surface area contributed by atoms with Gasteiger partial charge in [0.2, 0.25) is 11.8 Å². The van der Waals surface area contributed by atoms with Crippen molar-refractivity contribution in [2.75, 3.05) is 20.6 Å². The third-order valence-corrected chi connectivity index (χ3v) is 9.68. The Morgan fingerprint density at radius 3 is 2.16 bits per heavy atom. The van der Waals surface area contributed by atoms with Gasteiger partial charge < -0.3 is 20.9 Å². The minimum absolute atomic E-state index is 0.247. The molecule has 3 aromatic carbocycles. The third-order valence-electron chi connectivity index (χ3n) is 8.78. The van der Waals surface area contributed by atoms with E-state index in [1.54, 1.807) is 56.0 Å². The van der Waals surface area contributed by atoms with Gasteiger partial charge in [-0.1, -0.05) is 72.8 Å². The van der Waals surface area contributed by atoms with Crippen molar-refractivity contribution in [3.63, 3.8) is 0 Å². The van der Waals surface area contributed by atoms with E-state index < -0.39 is 12.1 Å². The zero-order valence-electron chi connectivity index (χ0n) is 28.2. The summed E-state index contributed by atoms with van der Waals surface area (Å²) in [7, 11) is 3.31. The highest BCUT2D eigenvalue weighted by Crippen LogP contribution is 2.23. The summed E-state index contributed by atoms with van der Waals surface area (Å²) in [5.74, 6) is -0.869. The molecule has 1 unspecified atom stereocenters. The molecule has 0 aliphatic rings. The number of aromatic nitrogens is 1. The molecule has 0 aliphatic heterocycles. The summed E-state index contributed by atoms with van der Waals surface area (Å²) in [6, 6.07) is 31.1. The lowest BCUT2D eigenvalue weighted by molar-refractivity contribution is -0.142. The Morgan fingerprint density at radius 2 is 1.49 bits per heavy atom. The number of pyridine rings is 1. The van der Waals surface area contributed by atoms with Crippen LogP contribution >= 0.6 is 11.3 Å². The number of amides is 3. The molecule has 252 valence electrons. The van der Waals surface area contributed by atoms with Crippen LogP contribution < -0.4 is 11.1 Å². The van der Waals surface area contributed by atoms with Crippen LogP contribution in [0.5, 0.6) is 0 Å². The van der Waals surface area contributed by atoms with E-state index in [1.165, 1.54) is 9.80 Å². The van der Waals surface area contributed by atoms with Crippen molar-refractivity contribution in [3.8, 4) is 11.1 Å². The van der Waals surface area contributed by atoms with Gasteiger partial charge in [0.05, 0.1) is 0 Å². The molecule has 5 rings (SSSR count). The maximum atomic E-state index is 14.6. The van der Waals surface area contributed by atoms with Crippen LogP contribution in [0.3, 0.4) is 0 Å². The van der Waals surface area contributed by atoms with Crippen LogP contribution in [0, 0.1) is 0 Å². The summed E-state index contributed by atoms with van der Waals surface area (Å²) >= 11 is 1.54. The molecule has 9 heteroatoms. The first-order valence-corrected chi connectivity index (χ1v) is 17.3. The number of rotatable bonds is 14. The molecule has 3 amide bonds. The molecule has 3 N–H and O–H groups in total. The average Bonchev–Trinajstić information content (AvgIpc) is 3.66. The van der Waals surface area contributed by atoms with Gasteiger partial charge in [-0.15, -0.1) is 11.3 Å². The largest absolute Gasteiger partial charge is 0.354 e. The lowest BCUT2D eigenvalue weighted by Crippen LogP contribution is -2.56. The molecule has 0 aliphatic carbocycles. The molecule has 0 radical (unpaired) electrons. The molecular weight excluding hydrogens is 631 g/mol. The molecule has 49 heavy (non-hydrogen) atoms. The number of hydrogen-bond donors (Lipinski definition) is 2. The second kappa shape index (κ2) is 16.8. The van der Waals surface area contributed by atoms with Gasteiger partial charge in [-0.05, 0) is 76.9 Å². The number of carbonyl (C=O) groups is 3. The number of nitrogens with zero attached hydrogens (tertiary/aromatic N) is 3. The molecule has 0 saturated carbocycles. The summed E-state index contributed by atoms with van der Waals surface area (Å²) in [4.78, 5) is 50.4. The van der Waals surface area contributed by atoms with Crippen molar-refractivity contribution >= 4 is 29.1 Å². The number of nitrogens with one attached hydrogen (secondary N) is 1. The Labute approximate surface area is 292 Å². The highest BCUT2D eigenvalue weighted by Gasteiger charge is 2.35. The number of thiophene rings is 1. The standard InChI is InChI=1S/C40H43N5O3S/c1-28(41)33-11-7-12-34(26-33)39(47)45(3)37(25-30-14-16-32(17-15-30)31-9-5-4-6-10-31)40(48)44(2)36(27-35-13-8-24-49-35)38(46)43-23-20-29-18-21-42-22-19-29/h4-19,21-22,24,26,28,36-37H,20,23,25,27,41H2,1-3H3,(H,43,46)/t28?,36-,37-/m1/s1. The normalized spacial score (nSPS) is 12.8. The number of carbonyl (C=O) groups excluding carboxylic acids is 3. The SMILES string of the molecule is CC(N)c1cccc(C(=O)N(C)[C@H](Cc2ccc(-c3ccccc3)cc2)C(=O)N(C)[C@H](Cc2cccs2)C(=O)NCCc2ccncc2)c1. The van der Waals surface area contributed by atoms with E-state index in [4.69, 9.17) is 5.73 Å². The zero-order valence-corrected chi connectivity index (χ0v) is 29.0. The van der Waals surface area contributed by atoms with Crippen LogP contribution in [-0.2, 0) is 28.9 Å². The second-order valence-corrected chi connectivity index (χ2v) is 13.3. The molecule has 8 nitrogen and oxygen atoms in total. The van der Waals surface area contributed by atoms with Gasteiger partial charge >= 0.3 is 0 Å². The molecular formula is C40H43N5O3S. The van der Waals surface area contributed by atoms with Crippen LogP contribution in [0.1, 0.15) is 44.9 Å². The number of hydrogen-bond acceptors (Lipinski definition) is 6. The predicted octanol–water partition coefficient (Wildman–Crippen LogP) is 5.94. The summed E-state index contributed by atoms with van der Waals surface area (Å²) in [6.07, 6.45) is 4.71. The Morgan fingerprint density at radius 1 is 0.776 bits per heavy atom. The van der Waals surface area contributed by atoms with Gasteiger partial charge in [0, 0.05) is 62.4 Å². The smallest absolute Gasteiger partial charge is 0.254 e. The minimum Gasteiger partial charge on any atom is -0.354 e. The number of benzene rings is 3. The highest BCUT2D eigenvalue weighted by atomic mass is 32.1. The van der Waals surface area contributed by atoms with Gasteiger partial charge in [0.25, 0.3) is 5.91 Å². The lowest BCUT2D eigenvalue weighted by atomic mass is 9.98. The van der Waals surface area contributed by atoms with Crippen LogP contribution in [0.25, 0.3) is 11.1 Å². The van der Waals surface area contributed by atoms with Gasteiger partial charge in [0.1, 0.15) is 12.1 Å². The van der Waals surface area contributed by atoms with Crippen molar-refractivity contribution in [2.45, 2.75) is 44.3 Å². The van der Waals surface area contributed by atoms with Crippen molar-refractivity contribution in [1.82, 2.24) is 20.1 Å². The topological polar surface area (TPSA) is 109 Å². The van der Waals surface area contributed by atoms with E-state index >= 15 is 0 Å². The van der Waals surface area contributed by atoms with E-state index in [1.807, 2.05) is 85.1 Å². The molecule has 3 atom stereocenters. The van der Waals surface area contributed by atoms with E-state index in [9.17, 15) is 14.4 Å². The van der Waals surface area contributed by atoms with Gasteiger partial charge in [-0.3, -0.25) is 19.4 Å². The molecule has 0 fully saturated rings. The summed E-state index contributed by atoms with van der Waals surface area (Å²) in [6.45, 7) is 2.28. The van der Waals surface area contributed by atoms with Gasteiger partial charge in [0.15, 0.2) is 0 Å². The number of likely N-dealkylation sites (N-methyl/N-ethyl adjacent to an activating group) is 2. The quantitative estimate of drug-likeness (QED) is 0.152. The Bertz CT molecular complexity index is 1810. The van der Waals surface area contributed by atoms with Crippen LogP contribution in [0.15, 0.2) is 121 Å². The summed E-state index contributed by atoms with van der Waals surface area (Å²) in [5.41, 5.74) is 11.5. The van der Waals surface area contributed by atoms with Crippen LogP contribution in [0.4, 0.5) is 0 Å². The minimum atomic E-state index is -0.880. The first kappa shape index (κ1) is 35.2. The van der Waals surface area contributed by atoms with E-state index in [0.717, 1.165) is 32.7 Å². The number of nitrogens with two attached hydrogens (primary N) is 1. The Hall–Kier alpha value is -5.12. The third kappa shape index (κ3) is 9.28. The van der Waals surface area contributed by atoms with E-state index in [0.29, 0.717) is 24.9 Å². The first-order valence-electron chi connectivity index (χ1n) is 16.4. The van der Waals surface area contributed by atoms with Crippen LogP contribution in [-0.4, -0.2) is 65.2 Å². The van der Waals surface area contributed by atoms with Crippen molar-refractivity contribution in [3.05, 3.63) is 148 Å². The molecule has 5 aromatic rings. The summed E-state index contributed by atoms with van der Waals surface area (Å²) < 4.78 is 0. The Balaban J connectivity index is 1.42. The molecule has 0 spiro atoms. The lowest BCUT2D eigenvalue weighted by Gasteiger charge is -2.34. The molecule has 0 saturated heterocycles. The monoisotopic (exact) mass is 673 g/mol. The van der Waals surface area contributed by atoms with E-state index in [-0.39, 0.29) is 30.2 Å². The molecule has 2 heterocycles. The molecule has 0 bridgehead atoms. The van der Waals surface area contributed by atoms with Crippen molar-refractivity contribution in [1.29, 1.82) is 0 Å². The fourth-order valence-electron chi connectivity index (χ4n) is 5.79. The van der Waals surface area contributed by atoms with Crippen LogP contribution in [0.2, 0.25) is 0 Å². The predicted molar refractivity (Wildman–Crippen MR) is 196 cm³/mol. The fraction of sp³-hybridized carbons (Fsp3) is 0.250. The van der Waals surface area contributed by atoms with E-state index in [2.05, 4.69) is 22.4 Å². The van der Waals surface area contributed by atoms with Gasteiger partial charge in [-0.2, -0.15) is 0 Å². The van der Waals surface area contributed by atoms with Crippen molar-refractivity contribution in [2.24, 2.45) is 5.73 Å². The zero-order chi connectivity index (χ0) is 34.8. The Kier molecular flexibility index (Phi) is 12.1. The second-order valence-electron chi connectivity index (χ2n) is 12.3. The summed E-state index contributed by atoms with van der Waals surface area (Å²) in [5, 5.41) is 5.00. The maximum absolute atomic E-state index is 14.6.